The maximum Gasteiger partial charge on any atom is 0.177 e. The second-order valence-corrected chi connectivity index (χ2v) is 1.66. The van der Waals surface area contributed by atoms with Gasteiger partial charge in [0.15, 0.2) is 7.98 Å². The molecule has 0 saturated heterocycles. The van der Waals surface area contributed by atoms with Crippen LogP contribution in [0.15, 0.2) is 0 Å². The van der Waals surface area contributed by atoms with Crippen LogP contribution in [0.2, 0.25) is 0 Å². The van der Waals surface area contributed by atoms with Crippen LogP contribution in [0.1, 0.15) is 33.6 Å². The lowest BCUT2D eigenvalue weighted by atomic mass is 10.4. The molecule has 0 heterocycles. The van der Waals surface area contributed by atoms with Gasteiger partial charge in [0.25, 0.3) is 0 Å². The molecule has 1 N–H and O–H groups in total. The van der Waals surface area contributed by atoms with E-state index in [1.807, 2.05) is 0 Å². The van der Waals surface area contributed by atoms with Crippen molar-refractivity contribution in [3.63, 3.8) is 0 Å². The number of rotatable bonds is 2. The average Bonchev–Trinajstić information content (AvgIpc) is 1.71. The highest BCUT2D eigenvalue weighted by Crippen LogP contribution is 1.62. The van der Waals surface area contributed by atoms with E-state index in [0.29, 0.717) is 0 Å². The van der Waals surface area contributed by atoms with E-state index in [-0.39, 0.29) is 0 Å². The lowest BCUT2D eigenvalue weighted by Crippen LogP contribution is -2.07. The van der Waals surface area contributed by atoms with E-state index in [2.05, 4.69) is 26.0 Å². The molecular weight excluding hydrogens is 96.9 g/mol. The van der Waals surface area contributed by atoms with Gasteiger partial charge in [0.1, 0.15) is 0 Å². The molecule has 0 bridgehead atoms. The normalized spacial score (nSPS) is 7.38. The molecule has 0 rings (SSSR count). The van der Waals surface area contributed by atoms with Crippen LogP contribution in [0.4, 0.5) is 0 Å². The Morgan fingerprint density at radius 1 is 1.25 bits per heavy atom. The van der Waals surface area contributed by atoms with Gasteiger partial charge in [-0.25, -0.2) is 0 Å². The van der Waals surface area contributed by atoms with Gasteiger partial charge in [-0.05, 0) is 13.0 Å². The first-order valence-corrected chi connectivity index (χ1v) is 3.26. The molecule has 0 aromatic heterocycles. The number of nitrogens with one attached hydrogen (secondary N) is 1. The zero-order valence-corrected chi connectivity index (χ0v) is 6.20. The average molecular weight is 113 g/mol. The molecule has 1 nitrogen and oxygen atoms in total. The summed E-state index contributed by atoms with van der Waals surface area (Å²) in [6.07, 6.45) is 2.36. The summed E-state index contributed by atoms with van der Waals surface area (Å²) in [5, 5.41) is 2.52. The molecule has 0 aromatic rings. The molecule has 0 atom stereocenters. The lowest BCUT2D eigenvalue weighted by molar-refractivity contribution is 0.868. The Hall–Kier alpha value is 0.0249. The van der Waals surface area contributed by atoms with Crippen molar-refractivity contribution < 1.29 is 0 Å². The van der Waals surface area contributed by atoms with Crippen LogP contribution in [0.25, 0.3) is 0 Å². The number of hydrogen-bond acceptors (Lipinski definition) is 1. The molecule has 2 radical (unpaired) electrons. The highest BCUT2D eigenvalue weighted by atomic mass is 14.7. The van der Waals surface area contributed by atoms with Gasteiger partial charge in [-0.2, -0.15) is 0 Å². The van der Waals surface area contributed by atoms with Gasteiger partial charge in [-0.1, -0.05) is 27.2 Å². The predicted molar refractivity (Wildman–Crippen MR) is 40.0 cm³/mol. The molecule has 48 valence electrons. The minimum atomic E-state index is 0.917. The second kappa shape index (κ2) is 15.7. The Morgan fingerprint density at radius 2 is 1.62 bits per heavy atom. The summed E-state index contributed by atoms with van der Waals surface area (Å²) < 4.78 is 0. The summed E-state index contributed by atoms with van der Waals surface area (Å²) >= 11 is 0. The molecule has 0 aliphatic carbocycles. The van der Waals surface area contributed by atoms with Crippen LogP contribution >= 0.6 is 0 Å². The number of hydrogen-bond donors (Lipinski definition) is 1. The van der Waals surface area contributed by atoms with E-state index in [9.17, 15) is 0 Å². The van der Waals surface area contributed by atoms with Crippen molar-refractivity contribution in [2.75, 3.05) is 6.54 Å². The fourth-order valence-electron chi connectivity index (χ4n) is 0.144. The molecule has 0 aliphatic rings. The monoisotopic (exact) mass is 113 g/mol. The minimum absolute atomic E-state index is 0.917. The highest BCUT2D eigenvalue weighted by Gasteiger charge is 1.65. The Kier molecular flexibility index (Phi) is 21.5. The van der Waals surface area contributed by atoms with Crippen molar-refractivity contribution in [2.24, 2.45) is 0 Å². The Labute approximate surface area is 54.3 Å². The van der Waals surface area contributed by atoms with Gasteiger partial charge in [0.05, 0.1) is 0 Å². The summed E-state index contributed by atoms with van der Waals surface area (Å²) in [7, 11) is 4.89. The van der Waals surface area contributed by atoms with Crippen LogP contribution in [-0.2, 0) is 0 Å². The summed E-state index contributed by atoms with van der Waals surface area (Å²) in [6.45, 7) is 7.24. The van der Waals surface area contributed by atoms with Crippen molar-refractivity contribution in [2.45, 2.75) is 33.6 Å². The quantitative estimate of drug-likeness (QED) is 0.535. The van der Waals surface area contributed by atoms with E-state index in [4.69, 9.17) is 7.98 Å². The fraction of sp³-hybridized carbons (Fsp3) is 1.00. The van der Waals surface area contributed by atoms with Gasteiger partial charge in [0, 0.05) is 0 Å². The zero-order chi connectivity index (χ0) is 6.83. The van der Waals surface area contributed by atoms with Crippen LogP contribution in [0.5, 0.6) is 0 Å². The van der Waals surface area contributed by atoms with Crippen molar-refractivity contribution in [3.05, 3.63) is 0 Å². The first-order chi connectivity index (χ1) is 3.83. The van der Waals surface area contributed by atoms with Crippen LogP contribution in [-0.4, -0.2) is 14.5 Å². The van der Waals surface area contributed by atoms with Crippen molar-refractivity contribution >= 4 is 7.98 Å². The smallest absolute Gasteiger partial charge is 0.177 e. The highest BCUT2D eigenvalue weighted by molar-refractivity contribution is 6.04. The van der Waals surface area contributed by atoms with E-state index >= 15 is 0 Å². The van der Waals surface area contributed by atoms with Gasteiger partial charge in [-0.15, -0.1) is 0 Å². The Morgan fingerprint density at radius 3 is 1.62 bits per heavy atom. The van der Waals surface area contributed by atoms with Crippen molar-refractivity contribution in [1.29, 1.82) is 0 Å². The third-order valence-electron chi connectivity index (χ3n) is 0.394. The van der Waals surface area contributed by atoms with Crippen molar-refractivity contribution in [1.82, 2.24) is 5.23 Å². The maximum absolute atomic E-state index is 4.89. The molecule has 0 aromatic carbocycles. The van der Waals surface area contributed by atoms with Gasteiger partial charge < -0.3 is 5.23 Å². The van der Waals surface area contributed by atoms with Gasteiger partial charge in [-0.3, -0.25) is 0 Å². The van der Waals surface area contributed by atoms with Gasteiger partial charge >= 0.3 is 0 Å². The summed E-state index contributed by atoms with van der Waals surface area (Å²) in [4.78, 5) is 0. The SMILES string of the molecule is CCC.[B]NCCC. The molecule has 0 spiro atoms. The van der Waals surface area contributed by atoms with Gasteiger partial charge in [0.2, 0.25) is 0 Å². The molecule has 0 saturated carbocycles. The molecule has 2 heteroatoms. The molecule has 0 fully saturated rings. The summed E-state index contributed by atoms with van der Waals surface area (Å²) in [5.74, 6) is 0. The lowest BCUT2D eigenvalue weighted by Gasteiger charge is -1.84. The summed E-state index contributed by atoms with van der Waals surface area (Å²) in [5.41, 5.74) is 0. The molecule has 0 amide bonds. The Bertz CT molecular complexity index is 22.5. The molecular formula is C6H16BN. The van der Waals surface area contributed by atoms with E-state index in [0.717, 1.165) is 13.0 Å². The standard InChI is InChI=1S/C3H8BN.C3H8/c1-2-3-5-4;1-3-2/h5H,2-3H2,1H3;3H2,1-2H3. The first kappa shape index (κ1) is 10.9. The van der Waals surface area contributed by atoms with E-state index < -0.39 is 0 Å². The predicted octanol–water partition coefficient (Wildman–Crippen LogP) is 1.49. The summed E-state index contributed by atoms with van der Waals surface area (Å²) in [6, 6.07) is 0. The molecule has 0 aliphatic heterocycles. The molecule has 8 heavy (non-hydrogen) atoms. The zero-order valence-electron chi connectivity index (χ0n) is 6.20. The van der Waals surface area contributed by atoms with Crippen LogP contribution in [0, 0.1) is 0 Å². The van der Waals surface area contributed by atoms with E-state index in [1.54, 1.807) is 0 Å². The van der Waals surface area contributed by atoms with Crippen molar-refractivity contribution in [3.8, 4) is 0 Å². The second-order valence-electron chi connectivity index (χ2n) is 1.66. The minimum Gasteiger partial charge on any atom is -0.366 e. The third-order valence-corrected chi connectivity index (χ3v) is 0.394. The topological polar surface area (TPSA) is 12.0 Å². The largest absolute Gasteiger partial charge is 0.366 e. The maximum atomic E-state index is 4.89. The third kappa shape index (κ3) is 37.1. The Balaban J connectivity index is 0. The first-order valence-electron chi connectivity index (χ1n) is 3.26. The fourth-order valence-corrected chi connectivity index (χ4v) is 0.144. The van der Waals surface area contributed by atoms with Crippen LogP contribution < -0.4 is 5.23 Å². The van der Waals surface area contributed by atoms with E-state index in [1.165, 1.54) is 6.42 Å². The van der Waals surface area contributed by atoms with Crippen LogP contribution in [0.3, 0.4) is 0 Å². The molecule has 0 unspecified atom stereocenters.